The summed E-state index contributed by atoms with van der Waals surface area (Å²) in [7, 11) is 3.22. The fourth-order valence-electron chi connectivity index (χ4n) is 3.04. The van der Waals surface area contributed by atoms with E-state index in [9.17, 15) is 4.79 Å². The van der Waals surface area contributed by atoms with Gasteiger partial charge < -0.3 is 13.9 Å². The average Bonchev–Trinajstić information content (AvgIpc) is 3.44. The molecule has 3 aromatic rings. The number of benzene rings is 2. The minimum absolute atomic E-state index is 0.171. The minimum atomic E-state index is -0.171. The van der Waals surface area contributed by atoms with Crippen molar-refractivity contribution in [1.82, 2.24) is 4.90 Å². The Morgan fingerprint density at radius 3 is 2.56 bits per heavy atom. The summed E-state index contributed by atoms with van der Waals surface area (Å²) in [5, 5.41) is 8.98. The van der Waals surface area contributed by atoms with Gasteiger partial charge in [-0.2, -0.15) is 5.10 Å². The molecule has 7 nitrogen and oxygen atoms in total. The second kappa shape index (κ2) is 10.0. The van der Waals surface area contributed by atoms with Crippen molar-refractivity contribution in [3.63, 3.8) is 0 Å². The van der Waals surface area contributed by atoms with Gasteiger partial charge in [-0.3, -0.25) is 9.69 Å². The number of amidine groups is 1. The summed E-state index contributed by atoms with van der Waals surface area (Å²) in [5.41, 5.74) is 1.68. The lowest BCUT2D eigenvalue weighted by Gasteiger charge is -2.12. The lowest BCUT2D eigenvalue weighted by atomic mass is 10.2. The van der Waals surface area contributed by atoms with Gasteiger partial charge in [0.2, 0.25) is 0 Å². The molecule has 0 spiro atoms. The van der Waals surface area contributed by atoms with Crippen molar-refractivity contribution >= 4 is 35.1 Å². The largest absolute Gasteiger partial charge is 0.497 e. The number of rotatable bonds is 7. The highest BCUT2D eigenvalue weighted by Crippen LogP contribution is 2.35. The normalized spacial score (nSPS) is 16.4. The Hall–Kier alpha value is -3.78. The maximum atomic E-state index is 13.2. The molecule has 0 aliphatic carbocycles. The fourth-order valence-corrected chi connectivity index (χ4v) is 3.97. The van der Waals surface area contributed by atoms with Gasteiger partial charge in [0.05, 0.1) is 38.1 Å². The van der Waals surface area contributed by atoms with Crippen LogP contribution in [-0.2, 0) is 11.3 Å². The van der Waals surface area contributed by atoms with Crippen LogP contribution in [0.2, 0.25) is 0 Å². The third kappa shape index (κ3) is 4.92. The van der Waals surface area contributed by atoms with Crippen LogP contribution in [-0.4, -0.2) is 36.4 Å². The summed E-state index contributed by atoms with van der Waals surface area (Å²) in [6.45, 7) is 0.263. The third-order valence-corrected chi connectivity index (χ3v) is 5.67. The molecule has 0 N–H and O–H groups in total. The molecule has 1 fully saturated rings. The number of thioether (sulfide) groups is 1. The van der Waals surface area contributed by atoms with E-state index in [2.05, 4.69) is 10.2 Å². The van der Waals surface area contributed by atoms with Gasteiger partial charge in [-0.25, -0.2) is 0 Å². The Bertz CT molecular complexity index is 1170. The summed E-state index contributed by atoms with van der Waals surface area (Å²) in [4.78, 5) is 15.2. The summed E-state index contributed by atoms with van der Waals surface area (Å²) >= 11 is 1.26. The van der Waals surface area contributed by atoms with E-state index in [1.165, 1.54) is 11.8 Å². The van der Waals surface area contributed by atoms with Crippen molar-refractivity contribution in [1.29, 1.82) is 0 Å². The summed E-state index contributed by atoms with van der Waals surface area (Å²) in [6, 6.07) is 18.6. The number of carbonyl (C=O) groups is 1. The van der Waals surface area contributed by atoms with E-state index in [4.69, 9.17) is 13.9 Å². The molecule has 1 saturated heterocycles. The summed E-state index contributed by atoms with van der Waals surface area (Å²) in [5.74, 6) is 1.94. The zero-order valence-corrected chi connectivity index (χ0v) is 18.4. The first-order chi connectivity index (χ1) is 15.7. The van der Waals surface area contributed by atoms with Crippen LogP contribution in [0.3, 0.4) is 0 Å². The highest BCUT2D eigenvalue weighted by Gasteiger charge is 2.34. The third-order valence-electron chi connectivity index (χ3n) is 4.67. The van der Waals surface area contributed by atoms with Crippen molar-refractivity contribution in [2.75, 3.05) is 14.2 Å². The molecule has 4 rings (SSSR count). The van der Waals surface area contributed by atoms with E-state index in [-0.39, 0.29) is 12.5 Å². The number of methoxy groups -OCH3 is 2. The Balaban J connectivity index is 1.62. The Labute approximate surface area is 190 Å². The van der Waals surface area contributed by atoms with Crippen LogP contribution in [0.1, 0.15) is 16.9 Å². The molecule has 1 aromatic heterocycles. The summed E-state index contributed by atoms with van der Waals surface area (Å²) in [6.07, 6.45) is 5.01. The number of hydrogen-bond donors (Lipinski definition) is 0. The molecule has 1 amide bonds. The number of para-hydroxylation sites is 1. The zero-order chi connectivity index (χ0) is 22.3. The predicted octanol–water partition coefficient (Wildman–Crippen LogP) is 4.80. The maximum absolute atomic E-state index is 13.2. The number of nitrogens with zero attached hydrogens (tertiary/aromatic N) is 3. The van der Waals surface area contributed by atoms with Crippen molar-refractivity contribution < 1.29 is 18.7 Å². The summed E-state index contributed by atoms with van der Waals surface area (Å²) < 4.78 is 16.0. The molecule has 2 heterocycles. The molecule has 2 aromatic carbocycles. The SMILES string of the molecule is COc1ccc(/C=N/N=C2\S/C(=C\c3ccccc3OC)C(=O)N2Cc2ccco2)cc1. The van der Waals surface area contributed by atoms with Gasteiger partial charge in [0.25, 0.3) is 5.91 Å². The quantitative estimate of drug-likeness (QED) is 0.295. The van der Waals surface area contributed by atoms with Gasteiger partial charge in [-0.15, -0.1) is 5.10 Å². The smallest absolute Gasteiger partial charge is 0.267 e. The van der Waals surface area contributed by atoms with Crippen molar-refractivity contribution in [2.24, 2.45) is 10.2 Å². The van der Waals surface area contributed by atoms with Gasteiger partial charge in [-0.05, 0) is 65.9 Å². The predicted molar refractivity (Wildman–Crippen MR) is 126 cm³/mol. The number of ether oxygens (including phenoxy) is 2. The van der Waals surface area contributed by atoms with Crippen LogP contribution in [0, 0.1) is 0 Å². The second-order valence-electron chi connectivity index (χ2n) is 6.72. The highest BCUT2D eigenvalue weighted by molar-refractivity contribution is 8.18. The highest BCUT2D eigenvalue weighted by atomic mass is 32.2. The fraction of sp³-hybridized carbons (Fsp3) is 0.125. The molecule has 0 atom stereocenters. The van der Waals surface area contributed by atoms with E-state index in [1.807, 2.05) is 54.6 Å². The second-order valence-corrected chi connectivity index (χ2v) is 7.73. The van der Waals surface area contributed by atoms with Gasteiger partial charge in [0, 0.05) is 5.56 Å². The Morgan fingerprint density at radius 1 is 1.03 bits per heavy atom. The molecule has 0 unspecified atom stereocenters. The Kier molecular flexibility index (Phi) is 6.72. The first kappa shape index (κ1) is 21.5. The minimum Gasteiger partial charge on any atom is -0.497 e. The number of hydrogen-bond acceptors (Lipinski definition) is 7. The van der Waals surface area contributed by atoms with Crippen LogP contribution in [0.25, 0.3) is 6.08 Å². The van der Waals surface area contributed by atoms with E-state index in [0.717, 1.165) is 16.9 Å². The zero-order valence-electron chi connectivity index (χ0n) is 17.6. The Morgan fingerprint density at radius 2 is 1.84 bits per heavy atom. The average molecular weight is 448 g/mol. The lowest BCUT2D eigenvalue weighted by Crippen LogP contribution is -2.28. The first-order valence-electron chi connectivity index (χ1n) is 9.80. The number of carbonyl (C=O) groups excluding carboxylic acids is 1. The first-order valence-corrected chi connectivity index (χ1v) is 10.6. The van der Waals surface area contributed by atoms with Crippen LogP contribution >= 0.6 is 11.8 Å². The molecular weight excluding hydrogens is 426 g/mol. The van der Waals surface area contributed by atoms with Crippen LogP contribution in [0.5, 0.6) is 11.5 Å². The molecule has 0 saturated carbocycles. The van der Waals surface area contributed by atoms with Gasteiger partial charge in [0.1, 0.15) is 17.3 Å². The van der Waals surface area contributed by atoms with Crippen molar-refractivity contribution in [2.45, 2.75) is 6.54 Å². The molecule has 0 bridgehead atoms. The number of furan rings is 1. The standard InChI is InChI=1S/C24H21N3O4S/c1-29-19-11-9-17(10-12-19)15-25-26-24-27(16-20-7-5-13-31-20)23(28)22(32-24)14-18-6-3-4-8-21(18)30-2/h3-15H,16H2,1-2H3/b22-14-,25-15+,26-24-. The maximum Gasteiger partial charge on any atom is 0.267 e. The van der Waals surface area contributed by atoms with Gasteiger partial charge in [0.15, 0.2) is 5.17 Å². The van der Waals surface area contributed by atoms with E-state index in [1.54, 1.807) is 43.7 Å². The van der Waals surface area contributed by atoms with E-state index < -0.39 is 0 Å². The molecule has 1 aliphatic rings. The molecule has 1 aliphatic heterocycles. The molecule has 0 radical (unpaired) electrons. The van der Waals surface area contributed by atoms with E-state index in [0.29, 0.717) is 21.6 Å². The molecule has 32 heavy (non-hydrogen) atoms. The molecule has 162 valence electrons. The van der Waals surface area contributed by atoms with Crippen LogP contribution < -0.4 is 9.47 Å². The molecular formula is C24H21N3O4S. The monoisotopic (exact) mass is 447 g/mol. The lowest BCUT2D eigenvalue weighted by molar-refractivity contribution is -0.122. The van der Waals surface area contributed by atoms with Crippen molar-refractivity contribution in [3.8, 4) is 11.5 Å². The van der Waals surface area contributed by atoms with Crippen LogP contribution in [0.15, 0.2) is 86.5 Å². The van der Waals surface area contributed by atoms with Gasteiger partial charge in [-0.1, -0.05) is 18.2 Å². The number of amides is 1. The van der Waals surface area contributed by atoms with E-state index >= 15 is 0 Å². The van der Waals surface area contributed by atoms with Crippen LogP contribution in [0.4, 0.5) is 0 Å². The molecule has 8 heteroatoms. The topological polar surface area (TPSA) is 76.6 Å². The van der Waals surface area contributed by atoms with Crippen molar-refractivity contribution in [3.05, 3.63) is 88.7 Å². The van der Waals surface area contributed by atoms with Gasteiger partial charge >= 0.3 is 0 Å².